The Morgan fingerprint density at radius 3 is 2.78 bits per heavy atom. The molecule has 160 valence electrons. The number of carbonyl (C=O) groups is 1. The number of nitro benzene ring substituents is 1. The molecule has 0 bridgehead atoms. The lowest BCUT2D eigenvalue weighted by atomic mass is 10.1. The summed E-state index contributed by atoms with van der Waals surface area (Å²) in [6, 6.07) is 12.4. The van der Waals surface area contributed by atoms with Crippen molar-refractivity contribution in [1.29, 1.82) is 0 Å². The summed E-state index contributed by atoms with van der Waals surface area (Å²) in [6.07, 6.45) is 1.36. The largest absolute Gasteiger partial charge is 0.378 e. The molecule has 32 heavy (non-hydrogen) atoms. The van der Waals surface area contributed by atoms with E-state index in [1.807, 2.05) is 0 Å². The highest BCUT2D eigenvalue weighted by molar-refractivity contribution is 6.33. The minimum atomic E-state index is -0.740. The van der Waals surface area contributed by atoms with Crippen LogP contribution < -0.4 is 11.2 Å². The number of hydrazone groups is 1. The summed E-state index contributed by atoms with van der Waals surface area (Å²) in [4.78, 5) is 23.4. The van der Waals surface area contributed by atoms with Gasteiger partial charge in [0, 0.05) is 28.3 Å². The molecule has 0 aliphatic carbocycles. The smallest absolute Gasteiger partial charge is 0.294 e. The Labute approximate surface area is 183 Å². The number of nitrogens with two attached hydrogens (primary N) is 1. The highest BCUT2D eigenvalue weighted by Gasteiger charge is 2.26. The third-order valence-electron chi connectivity index (χ3n) is 4.19. The molecule has 0 saturated carbocycles. The van der Waals surface area contributed by atoms with E-state index in [1.165, 1.54) is 30.5 Å². The molecule has 4 rings (SSSR count). The average molecular weight is 454 g/mol. The lowest BCUT2D eigenvalue weighted by Gasteiger charge is -2.06. The molecule has 2 aromatic heterocycles. The fourth-order valence-electron chi connectivity index (χ4n) is 2.74. The highest BCUT2D eigenvalue weighted by atomic mass is 35.5. The summed E-state index contributed by atoms with van der Waals surface area (Å²) in [5.74, 6) is -0.904. The minimum Gasteiger partial charge on any atom is -0.378 e. The Bertz CT molecular complexity index is 1350. The molecule has 3 N–H and O–H groups in total. The Morgan fingerprint density at radius 2 is 2.06 bits per heavy atom. The van der Waals surface area contributed by atoms with Crippen molar-refractivity contribution in [3.63, 3.8) is 0 Å². The molecule has 0 fully saturated rings. The van der Waals surface area contributed by atoms with Crippen molar-refractivity contribution < 1.29 is 14.3 Å². The SMILES string of the molecule is Nc1nonc1-n1nnc(C(=O)NN=Cc2ccccc2Cl)c1-c1cccc([N+](=O)[O-])c1. The van der Waals surface area contributed by atoms with E-state index in [9.17, 15) is 14.9 Å². The number of nitrogens with zero attached hydrogens (tertiary/aromatic N) is 7. The van der Waals surface area contributed by atoms with Gasteiger partial charge in [0.15, 0.2) is 5.69 Å². The average Bonchev–Trinajstić information content (AvgIpc) is 3.41. The zero-order chi connectivity index (χ0) is 22.7. The molecule has 0 atom stereocenters. The molecule has 14 heteroatoms. The van der Waals surface area contributed by atoms with E-state index in [0.29, 0.717) is 10.6 Å². The monoisotopic (exact) mass is 453 g/mol. The predicted octanol–water partition coefficient (Wildman–Crippen LogP) is 2.22. The fraction of sp³-hybridized carbons (Fsp3) is 0. The van der Waals surface area contributed by atoms with Gasteiger partial charge in [-0.05, 0) is 16.4 Å². The first-order valence-electron chi connectivity index (χ1n) is 8.82. The van der Waals surface area contributed by atoms with Gasteiger partial charge in [0.25, 0.3) is 11.6 Å². The molecular formula is C18H12ClN9O4. The number of nitro groups is 1. The van der Waals surface area contributed by atoms with Gasteiger partial charge in [0.05, 0.1) is 11.1 Å². The van der Waals surface area contributed by atoms with Crippen LogP contribution in [0.15, 0.2) is 58.3 Å². The second-order valence-electron chi connectivity index (χ2n) is 6.20. The Morgan fingerprint density at radius 1 is 1.25 bits per heavy atom. The molecule has 0 unspecified atom stereocenters. The summed E-state index contributed by atoms with van der Waals surface area (Å²) in [5.41, 5.74) is 8.58. The highest BCUT2D eigenvalue weighted by Crippen LogP contribution is 2.29. The standard InChI is InChI=1S/C18H12ClN9O4/c19-13-7-2-1-4-11(13)9-21-23-18(29)14-15(10-5-3-6-12(8-10)28(30)31)27(26-22-14)17-16(20)24-32-25-17/h1-9H,(H2,20,24)(H,23,29). The molecule has 13 nitrogen and oxygen atoms in total. The maximum Gasteiger partial charge on any atom is 0.294 e. The van der Waals surface area contributed by atoms with Crippen molar-refractivity contribution >= 4 is 35.2 Å². The van der Waals surface area contributed by atoms with Gasteiger partial charge in [0.1, 0.15) is 5.69 Å². The van der Waals surface area contributed by atoms with Crippen LogP contribution in [0.2, 0.25) is 5.02 Å². The van der Waals surface area contributed by atoms with Gasteiger partial charge in [-0.25, -0.2) is 10.1 Å². The van der Waals surface area contributed by atoms with Crippen LogP contribution in [-0.4, -0.2) is 42.4 Å². The molecule has 0 spiro atoms. The van der Waals surface area contributed by atoms with Gasteiger partial charge in [0.2, 0.25) is 11.6 Å². The number of nitrogens with one attached hydrogen (secondary N) is 1. The Hall–Kier alpha value is -4.65. The van der Waals surface area contributed by atoms with Crippen LogP contribution in [0.4, 0.5) is 11.5 Å². The van der Waals surface area contributed by atoms with Gasteiger partial charge >= 0.3 is 0 Å². The molecule has 1 amide bonds. The number of hydrogen-bond acceptors (Lipinski definition) is 10. The number of hydrogen-bond donors (Lipinski definition) is 2. The van der Waals surface area contributed by atoms with E-state index in [2.05, 4.69) is 35.8 Å². The van der Waals surface area contributed by atoms with Crippen molar-refractivity contribution in [1.82, 2.24) is 30.7 Å². The van der Waals surface area contributed by atoms with Crippen molar-refractivity contribution in [2.24, 2.45) is 5.10 Å². The van der Waals surface area contributed by atoms with Crippen LogP contribution >= 0.6 is 11.6 Å². The van der Waals surface area contributed by atoms with E-state index in [0.717, 1.165) is 4.68 Å². The van der Waals surface area contributed by atoms with Crippen molar-refractivity contribution in [3.05, 3.63) is 74.9 Å². The van der Waals surface area contributed by atoms with E-state index < -0.39 is 10.8 Å². The van der Waals surface area contributed by atoms with Crippen LogP contribution in [0.1, 0.15) is 16.1 Å². The topological polar surface area (TPSA) is 180 Å². The lowest BCUT2D eigenvalue weighted by molar-refractivity contribution is -0.384. The molecule has 0 radical (unpaired) electrons. The molecule has 2 heterocycles. The molecule has 0 saturated heterocycles. The summed E-state index contributed by atoms with van der Waals surface area (Å²) in [6.45, 7) is 0. The predicted molar refractivity (Wildman–Crippen MR) is 112 cm³/mol. The van der Waals surface area contributed by atoms with Crippen molar-refractivity contribution in [3.8, 4) is 17.1 Å². The van der Waals surface area contributed by atoms with Crippen LogP contribution in [-0.2, 0) is 0 Å². The quantitative estimate of drug-likeness (QED) is 0.251. The van der Waals surface area contributed by atoms with Crippen LogP contribution in [0, 0.1) is 10.1 Å². The number of carbonyl (C=O) groups excluding carboxylic acids is 1. The van der Waals surface area contributed by atoms with Crippen LogP contribution in [0.3, 0.4) is 0 Å². The zero-order valence-electron chi connectivity index (χ0n) is 15.9. The van der Waals surface area contributed by atoms with Gasteiger partial charge in [-0.2, -0.15) is 9.78 Å². The number of benzene rings is 2. The Balaban J connectivity index is 1.74. The summed E-state index contributed by atoms with van der Waals surface area (Å²) >= 11 is 6.06. The van der Waals surface area contributed by atoms with Gasteiger partial charge in [-0.3, -0.25) is 14.9 Å². The number of rotatable bonds is 6. The van der Waals surface area contributed by atoms with Crippen molar-refractivity contribution in [2.75, 3.05) is 5.73 Å². The number of halogens is 1. The molecular weight excluding hydrogens is 442 g/mol. The number of nitrogen functional groups attached to an aromatic ring is 1. The van der Waals surface area contributed by atoms with Crippen LogP contribution in [0.5, 0.6) is 0 Å². The van der Waals surface area contributed by atoms with Crippen molar-refractivity contribution in [2.45, 2.75) is 0 Å². The maximum atomic E-state index is 12.8. The van der Waals surface area contributed by atoms with E-state index in [-0.39, 0.29) is 34.3 Å². The molecule has 0 aliphatic heterocycles. The first-order valence-corrected chi connectivity index (χ1v) is 9.20. The summed E-state index contributed by atoms with van der Waals surface area (Å²) in [7, 11) is 0. The van der Waals surface area contributed by atoms with Gasteiger partial charge in [-0.15, -0.1) is 5.10 Å². The maximum absolute atomic E-state index is 12.8. The van der Waals surface area contributed by atoms with E-state index in [4.69, 9.17) is 17.3 Å². The summed E-state index contributed by atoms with van der Waals surface area (Å²) < 4.78 is 5.68. The summed E-state index contributed by atoms with van der Waals surface area (Å²) in [5, 5.41) is 30.4. The minimum absolute atomic E-state index is 0.0439. The third-order valence-corrected chi connectivity index (χ3v) is 4.53. The van der Waals surface area contributed by atoms with Gasteiger partial charge in [-0.1, -0.05) is 47.1 Å². The normalized spacial score (nSPS) is 11.0. The first-order chi connectivity index (χ1) is 15.5. The molecule has 4 aromatic rings. The second kappa shape index (κ2) is 8.61. The third kappa shape index (κ3) is 3.99. The molecule has 0 aliphatic rings. The number of aromatic nitrogens is 5. The lowest BCUT2D eigenvalue weighted by Crippen LogP contribution is -2.19. The number of amides is 1. The second-order valence-corrected chi connectivity index (χ2v) is 6.61. The Kier molecular flexibility index (Phi) is 5.55. The van der Waals surface area contributed by atoms with Gasteiger partial charge < -0.3 is 5.73 Å². The van der Waals surface area contributed by atoms with Crippen LogP contribution in [0.25, 0.3) is 17.1 Å². The van der Waals surface area contributed by atoms with E-state index >= 15 is 0 Å². The zero-order valence-corrected chi connectivity index (χ0v) is 16.7. The molecule has 2 aromatic carbocycles. The number of non-ortho nitro benzene ring substituents is 1. The number of anilines is 1. The fourth-order valence-corrected chi connectivity index (χ4v) is 2.92. The first kappa shape index (κ1) is 20.6. The van der Waals surface area contributed by atoms with E-state index in [1.54, 1.807) is 24.3 Å².